The van der Waals surface area contributed by atoms with Gasteiger partial charge in [-0.3, -0.25) is 4.79 Å². The van der Waals surface area contributed by atoms with E-state index in [1.165, 1.54) is 7.11 Å². The highest BCUT2D eigenvalue weighted by Crippen LogP contribution is 2.23. The SMILES string of the molecule is COC(=O)C(CC(C)C)Nc1cc(Br)ccc1C(N)=O. The van der Waals surface area contributed by atoms with Crippen molar-refractivity contribution < 1.29 is 14.3 Å². The number of benzene rings is 1. The molecule has 110 valence electrons. The lowest BCUT2D eigenvalue weighted by Crippen LogP contribution is -2.33. The molecular weight excluding hydrogens is 324 g/mol. The van der Waals surface area contributed by atoms with Crippen molar-refractivity contribution in [1.82, 2.24) is 0 Å². The summed E-state index contributed by atoms with van der Waals surface area (Å²) in [6.45, 7) is 4.01. The molecule has 0 bridgehead atoms. The van der Waals surface area contributed by atoms with Gasteiger partial charge in [0, 0.05) is 10.2 Å². The largest absolute Gasteiger partial charge is 0.467 e. The van der Waals surface area contributed by atoms with E-state index < -0.39 is 11.9 Å². The van der Waals surface area contributed by atoms with Crippen LogP contribution in [0.25, 0.3) is 0 Å². The van der Waals surface area contributed by atoms with Gasteiger partial charge >= 0.3 is 5.97 Å². The summed E-state index contributed by atoms with van der Waals surface area (Å²) < 4.78 is 5.58. The van der Waals surface area contributed by atoms with Crippen LogP contribution in [0.3, 0.4) is 0 Å². The Morgan fingerprint density at radius 1 is 1.40 bits per heavy atom. The van der Waals surface area contributed by atoms with E-state index in [9.17, 15) is 9.59 Å². The first-order valence-electron chi connectivity index (χ1n) is 6.28. The van der Waals surface area contributed by atoms with Crippen molar-refractivity contribution in [1.29, 1.82) is 0 Å². The molecule has 1 unspecified atom stereocenters. The van der Waals surface area contributed by atoms with E-state index in [0.717, 1.165) is 4.47 Å². The van der Waals surface area contributed by atoms with E-state index in [1.807, 2.05) is 13.8 Å². The molecule has 1 aromatic carbocycles. The van der Waals surface area contributed by atoms with Gasteiger partial charge in [-0.25, -0.2) is 4.79 Å². The first-order chi connectivity index (χ1) is 9.35. The van der Waals surface area contributed by atoms with Crippen LogP contribution in [0.2, 0.25) is 0 Å². The van der Waals surface area contributed by atoms with Crippen molar-refractivity contribution in [3.8, 4) is 0 Å². The number of ether oxygens (including phenoxy) is 1. The minimum Gasteiger partial charge on any atom is -0.467 e. The van der Waals surface area contributed by atoms with Gasteiger partial charge < -0.3 is 15.8 Å². The average Bonchev–Trinajstić information content (AvgIpc) is 2.36. The Morgan fingerprint density at radius 3 is 2.55 bits per heavy atom. The molecule has 0 aliphatic carbocycles. The van der Waals surface area contributed by atoms with Crippen molar-refractivity contribution in [3.63, 3.8) is 0 Å². The molecular formula is C14H19BrN2O3. The topological polar surface area (TPSA) is 81.4 Å². The van der Waals surface area contributed by atoms with Crippen LogP contribution in [0, 0.1) is 5.92 Å². The second-order valence-corrected chi connectivity index (χ2v) is 5.82. The number of carbonyl (C=O) groups excluding carboxylic acids is 2. The number of carbonyl (C=O) groups is 2. The zero-order chi connectivity index (χ0) is 15.3. The van der Waals surface area contributed by atoms with Crippen LogP contribution in [0.5, 0.6) is 0 Å². The Bertz CT molecular complexity index is 503. The molecule has 0 aromatic heterocycles. The van der Waals surface area contributed by atoms with E-state index in [-0.39, 0.29) is 5.97 Å². The molecule has 0 aliphatic heterocycles. The van der Waals surface area contributed by atoms with Gasteiger partial charge in [-0.05, 0) is 30.5 Å². The predicted octanol–water partition coefficient (Wildman–Crippen LogP) is 2.55. The number of primary amides is 1. The molecule has 0 radical (unpaired) electrons. The third kappa shape index (κ3) is 4.52. The Hall–Kier alpha value is -1.56. The summed E-state index contributed by atoms with van der Waals surface area (Å²) in [4.78, 5) is 23.2. The molecule has 20 heavy (non-hydrogen) atoms. The highest BCUT2D eigenvalue weighted by Gasteiger charge is 2.22. The summed E-state index contributed by atoms with van der Waals surface area (Å²) in [7, 11) is 1.34. The maximum atomic E-state index is 11.8. The van der Waals surface area contributed by atoms with Crippen LogP contribution >= 0.6 is 15.9 Å². The zero-order valence-corrected chi connectivity index (χ0v) is 13.4. The van der Waals surface area contributed by atoms with Gasteiger partial charge in [0.15, 0.2) is 0 Å². The first kappa shape index (κ1) is 16.5. The number of nitrogens with two attached hydrogens (primary N) is 1. The van der Waals surface area contributed by atoms with Gasteiger partial charge in [0.2, 0.25) is 0 Å². The molecule has 1 aromatic rings. The Morgan fingerprint density at radius 2 is 2.05 bits per heavy atom. The molecule has 1 atom stereocenters. The third-order valence-electron chi connectivity index (χ3n) is 2.77. The summed E-state index contributed by atoms with van der Waals surface area (Å²) in [6.07, 6.45) is 0.595. The lowest BCUT2D eigenvalue weighted by Gasteiger charge is -2.20. The van der Waals surface area contributed by atoms with E-state index >= 15 is 0 Å². The second kappa shape index (κ2) is 7.28. The van der Waals surface area contributed by atoms with Crippen LogP contribution in [0.1, 0.15) is 30.6 Å². The first-order valence-corrected chi connectivity index (χ1v) is 7.08. The molecule has 0 heterocycles. The molecule has 1 rings (SSSR count). The zero-order valence-electron chi connectivity index (χ0n) is 11.8. The smallest absolute Gasteiger partial charge is 0.328 e. The quantitative estimate of drug-likeness (QED) is 0.778. The molecule has 3 N–H and O–H groups in total. The van der Waals surface area contributed by atoms with Crippen molar-refractivity contribution in [2.24, 2.45) is 11.7 Å². The van der Waals surface area contributed by atoms with E-state index in [1.54, 1.807) is 18.2 Å². The number of halogens is 1. The summed E-state index contributed by atoms with van der Waals surface area (Å²) >= 11 is 3.33. The van der Waals surface area contributed by atoms with Crippen molar-refractivity contribution in [2.75, 3.05) is 12.4 Å². The van der Waals surface area contributed by atoms with Gasteiger partial charge in [-0.15, -0.1) is 0 Å². The van der Waals surface area contributed by atoms with Crippen LogP contribution in [-0.2, 0) is 9.53 Å². The summed E-state index contributed by atoms with van der Waals surface area (Å²) in [5.41, 5.74) is 6.20. The minimum atomic E-state index is -0.548. The highest BCUT2D eigenvalue weighted by molar-refractivity contribution is 9.10. The van der Waals surface area contributed by atoms with Crippen LogP contribution < -0.4 is 11.1 Å². The molecule has 0 saturated carbocycles. The number of hydrogen-bond donors (Lipinski definition) is 2. The van der Waals surface area contributed by atoms with Gasteiger partial charge in [0.05, 0.1) is 12.7 Å². The number of nitrogens with one attached hydrogen (secondary N) is 1. The maximum Gasteiger partial charge on any atom is 0.328 e. The van der Waals surface area contributed by atoms with E-state index in [0.29, 0.717) is 23.6 Å². The Kier molecular flexibility index (Phi) is 6.01. The van der Waals surface area contributed by atoms with Gasteiger partial charge in [-0.1, -0.05) is 29.8 Å². The monoisotopic (exact) mass is 342 g/mol. The number of amides is 1. The van der Waals surface area contributed by atoms with E-state index in [2.05, 4.69) is 21.2 Å². The minimum absolute atomic E-state index is 0.302. The van der Waals surface area contributed by atoms with Gasteiger partial charge in [0.25, 0.3) is 5.91 Å². The van der Waals surface area contributed by atoms with Crippen molar-refractivity contribution in [3.05, 3.63) is 28.2 Å². The lowest BCUT2D eigenvalue weighted by atomic mass is 10.0. The molecule has 0 aliphatic rings. The predicted molar refractivity (Wildman–Crippen MR) is 81.5 cm³/mol. The Balaban J connectivity index is 3.06. The number of methoxy groups -OCH3 is 1. The summed E-state index contributed by atoms with van der Waals surface area (Å²) in [6, 6.07) is 4.53. The lowest BCUT2D eigenvalue weighted by molar-refractivity contribution is -0.141. The number of anilines is 1. The van der Waals surface area contributed by atoms with Crippen molar-refractivity contribution >= 4 is 33.5 Å². The molecule has 0 fully saturated rings. The third-order valence-corrected chi connectivity index (χ3v) is 3.26. The fourth-order valence-electron chi connectivity index (χ4n) is 1.87. The van der Waals surface area contributed by atoms with Crippen LogP contribution in [-0.4, -0.2) is 25.0 Å². The normalized spacial score (nSPS) is 12.1. The van der Waals surface area contributed by atoms with Crippen molar-refractivity contribution in [2.45, 2.75) is 26.3 Å². The van der Waals surface area contributed by atoms with Crippen LogP contribution in [0.15, 0.2) is 22.7 Å². The fraction of sp³-hybridized carbons (Fsp3) is 0.429. The molecule has 6 heteroatoms. The molecule has 1 amide bonds. The van der Waals surface area contributed by atoms with E-state index in [4.69, 9.17) is 10.5 Å². The van der Waals surface area contributed by atoms with Gasteiger partial charge in [0.1, 0.15) is 6.04 Å². The summed E-state index contributed by atoms with van der Waals surface area (Å²) in [5.74, 6) is -0.613. The maximum absolute atomic E-state index is 11.8. The second-order valence-electron chi connectivity index (χ2n) is 4.90. The molecule has 5 nitrogen and oxygen atoms in total. The fourth-order valence-corrected chi connectivity index (χ4v) is 2.23. The average molecular weight is 343 g/mol. The van der Waals surface area contributed by atoms with Gasteiger partial charge in [-0.2, -0.15) is 0 Å². The Labute approximate surface area is 127 Å². The number of hydrogen-bond acceptors (Lipinski definition) is 4. The molecule has 0 saturated heterocycles. The highest BCUT2D eigenvalue weighted by atomic mass is 79.9. The number of esters is 1. The molecule has 0 spiro atoms. The summed E-state index contributed by atoms with van der Waals surface area (Å²) in [5, 5.41) is 3.05. The number of rotatable bonds is 6. The standard InChI is InChI=1S/C14H19BrN2O3/c1-8(2)6-12(14(19)20-3)17-11-7-9(15)4-5-10(11)13(16)18/h4-5,7-8,12,17H,6H2,1-3H3,(H2,16,18). The van der Waals surface area contributed by atoms with Crippen LogP contribution in [0.4, 0.5) is 5.69 Å².